The Hall–Kier alpha value is -2.69. The average Bonchev–Trinajstić information content (AvgIpc) is 2.70. The predicted molar refractivity (Wildman–Crippen MR) is 113 cm³/mol. The summed E-state index contributed by atoms with van der Waals surface area (Å²) >= 11 is 0. The SMILES string of the molecule is CC(C)(Cc1ccc(F)cc1)Nc1nc(N2CCCCC2)nc2ccccc12. The van der Waals surface area contributed by atoms with Crippen molar-refractivity contribution in [1.82, 2.24) is 9.97 Å². The van der Waals surface area contributed by atoms with Crippen LogP contribution in [0.3, 0.4) is 0 Å². The minimum Gasteiger partial charge on any atom is -0.364 e. The van der Waals surface area contributed by atoms with Gasteiger partial charge < -0.3 is 10.2 Å². The van der Waals surface area contributed by atoms with Gasteiger partial charge in [0.1, 0.15) is 11.6 Å². The average molecular weight is 378 g/mol. The summed E-state index contributed by atoms with van der Waals surface area (Å²) in [6.07, 6.45) is 4.43. The summed E-state index contributed by atoms with van der Waals surface area (Å²) in [7, 11) is 0. The predicted octanol–water partition coefficient (Wildman–Crippen LogP) is 5.19. The van der Waals surface area contributed by atoms with Crippen molar-refractivity contribution >= 4 is 22.7 Å². The highest BCUT2D eigenvalue weighted by Gasteiger charge is 2.22. The Balaban J connectivity index is 1.65. The van der Waals surface area contributed by atoms with Gasteiger partial charge in [-0.1, -0.05) is 24.3 Å². The van der Waals surface area contributed by atoms with E-state index < -0.39 is 0 Å². The van der Waals surface area contributed by atoms with Crippen LogP contribution in [-0.2, 0) is 6.42 Å². The zero-order valence-corrected chi connectivity index (χ0v) is 16.6. The first-order chi connectivity index (χ1) is 13.5. The molecule has 4 rings (SSSR count). The molecule has 0 amide bonds. The molecule has 0 aliphatic carbocycles. The molecule has 0 unspecified atom stereocenters. The van der Waals surface area contributed by atoms with Crippen LogP contribution in [0.4, 0.5) is 16.2 Å². The molecule has 28 heavy (non-hydrogen) atoms. The molecule has 1 aliphatic rings. The molecule has 1 aromatic heterocycles. The topological polar surface area (TPSA) is 41.1 Å². The van der Waals surface area contributed by atoms with Crippen LogP contribution < -0.4 is 10.2 Å². The van der Waals surface area contributed by atoms with Crippen molar-refractivity contribution in [2.75, 3.05) is 23.3 Å². The first kappa shape index (κ1) is 18.7. The number of aromatic nitrogens is 2. The number of anilines is 2. The maximum atomic E-state index is 13.2. The molecule has 1 aliphatic heterocycles. The van der Waals surface area contributed by atoms with Crippen LogP contribution in [0.25, 0.3) is 10.9 Å². The Labute approximate surface area is 165 Å². The molecule has 5 heteroatoms. The lowest BCUT2D eigenvalue weighted by molar-refractivity contribution is 0.556. The first-order valence-corrected chi connectivity index (χ1v) is 10.0. The van der Waals surface area contributed by atoms with E-state index in [1.165, 1.54) is 31.4 Å². The van der Waals surface area contributed by atoms with Gasteiger partial charge >= 0.3 is 0 Å². The lowest BCUT2D eigenvalue weighted by atomic mass is 9.94. The lowest BCUT2D eigenvalue weighted by Crippen LogP contribution is -2.35. The van der Waals surface area contributed by atoms with E-state index in [1.807, 2.05) is 30.3 Å². The number of hydrogen-bond donors (Lipinski definition) is 1. The summed E-state index contributed by atoms with van der Waals surface area (Å²) in [6, 6.07) is 14.9. The largest absolute Gasteiger partial charge is 0.364 e. The van der Waals surface area contributed by atoms with Gasteiger partial charge in [-0.2, -0.15) is 4.98 Å². The molecular weight excluding hydrogens is 351 g/mol. The number of halogens is 1. The van der Waals surface area contributed by atoms with Crippen LogP contribution in [0, 0.1) is 5.82 Å². The Morgan fingerprint density at radius 2 is 1.68 bits per heavy atom. The van der Waals surface area contributed by atoms with Gasteiger partial charge in [-0.15, -0.1) is 0 Å². The molecule has 1 fully saturated rings. The van der Waals surface area contributed by atoms with Crippen molar-refractivity contribution in [3.8, 4) is 0 Å². The van der Waals surface area contributed by atoms with Crippen molar-refractivity contribution in [2.45, 2.75) is 45.1 Å². The molecule has 1 saturated heterocycles. The Kier molecular flexibility index (Phi) is 5.16. The summed E-state index contributed by atoms with van der Waals surface area (Å²) in [5.74, 6) is 1.46. The van der Waals surface area contributed by atoms with Gasteiger partial charge in [-0.3, -0.25) is 0 Å². The summed E-state index contributed by atoms with van der Waals surface area (Å²) in [5.41, 5.74) is 1.81. The highest BCUT2D eigenvalue weighted by Crippen LogP contribution is 2.28. The number of fused-ring (bicyclic) bond motifs is 1. The van der Waals surface area contributed by atoms with Gasteiger partial charge in [-0.05, 0) is 69.4 Å². The van der Waals surface area contributed by atoms with E-state index in [9.17, 15) is 4.39 Å². The fourth-order valence-electron chi connectivity index (χ4n) is 3.87. The monoisotopic (exact) mass is 378 g/mol. The summed E-state index contributed by atoms with van der Waals surface area (Å²) < 4.78 is 13.2. The molecule has 2 aromatic carbocycles. The fourth-order valence-corrected chi connectivity index (χ4v) is 3.87. The van der Waals surface area contributed by atoms with E-state index >= 15 is 0 Å². The number of rotatable bonds is 5. The van der Waals surface area contributed by atoms with Gasteiger partial charge in [0.25, 0.3) is 0 Å². The van der Waals surface area contributed by atoms with E-state index in [4.69, 9.17) is 9.97 Å². The third-order valence-corrected chi connectivity index (χ3v) is 5.25. The highest BCUT2D eigenvalue weighted by molar-refractivity contribution is 5.90. The zero-order chi connectivity index (χ0) is 19.6. The molecule has 3 aromatic rings. The minimum atomic E-state index is -0.242. The van der Waals surface area contributed by atoms with Crippen LogP contribution in [0.15, 0.2) is 48.5 Å². The number of nitrogens with zero attached hydrogens (tertiary/aromatic N) is 3. The third kappa shape index (κ3) is 4.24. The van der Waals surface area contributed by atoms with Crippen LogP contribution in [0.5, 0.6) is 0 Å². The molecule has 0 bridgehead atoms. The summed E-state index contributed by atoms with van der Waals surface area (Å²) in [6.45, 7) is 6.31. The Bertz CT molecular complexity index is 946. The molecule has 0 saturated carbocycles. The van der Waals surface area contributed by atoms with Crippen LogP contribution in [0.1, 0.15) is 38.7 Å². The molecule has 146 valence electrons. The molecule has 0 spiro atoms. The summed E-state index contributed by atoms with van der Waals surface area (Å²) in [4.78, 5) is 12.0. The second kappa shape index (κ2) is 7.74. The molecule has 4 nitrogen and oxygen atoms in total. The second-order valence-electron chi connectivity index (χ2n) is 8.25. The maximum absolute atomic E-state index is 13.2. The normalized spacial score (nSPS) is 15.0. The van der Waals surface area contributed by atoms with Crippen LogP contribution >= 0.6 is 0 Å². The number of hydrogen-bond acceptors (Lipinski definition) is 4. The van der Waals surface area contributed by atoms with Gasteiger partial charge in [0.05, 0.1) is 5.52 Å². The molecule has 2 heterocycles. The quantitative estimate of drug-likeness (QED) is 0.663. The van der Waals surface area contributed by atoms with Crippen molar-refractivity contribution < 1.29 is 4.39 Å². The third-order valence-electron chi connectivity index (χ3n) is 5.25. The minimum absolute atomic E-state index is 0.206. The summed E-state index contributed by atoms with van der Waals surface area (Å²) in [5, 5.41) is 4.66. The van der Waals surface area contributed by atoms with Crippen LogP contribution in [0.2, 0.25) is 0 Å². The maximum Gasteiger partial charge on any atom is 0.227 e. The van der Waals surface area contributed by atoms with E-state index in [0.717, 1.165) is 47.7 Å². The van der Waals surface area contributed by atoms with E-state index in [0.29, 0.717) is 0 Å². The fraction of sp³-hybridized carbons (Fsp3) is 0.391. The lowest BCUT2D eigenvalue weighted by Gasteiger charge is -2.30. The van der Waals surface area contributed by atoms with E-state index in [1.54, 1.807) is 0 Å². The highest BCUT2D eigenvalue weighted by atomic mass is 19.1. The van der Waals surface area contributed by atoms with Crippen LogP contribution in [-0.4, -0.2) is 28.6 Å². The number of benzene rings is 2. The van der Waals surface area contributed by atoms with Crippen molar-refractivity contribution in [3.63, 3.8) is 0 Å². The molecule has 0 radical (unpaired) electrons. The van der Waals surface area contributed by atoms with Crippen molar-refractivity contribution in [1.29, 1.82) is 0 Å². The smallest absolute Gasteiger partial charge is 0.227 e. The van der Waals surface area contributed by atoms with E-state index in [2.05, 4.69) is 30.1 Å². The standard InChI is InChI=1S/C23H27FN4/c1-23(2,16-17-10-12-18(24)13-11-17)27-21-19-8-4-5-9-20(19)25-22(26-21)28-14-6-3-7-15-28/h4-5,8-13H,3,6-7,14-16H2,1-2H3,(H,25,26,27). The first-order valence-electron chi connectivity index (χ1n) is 10.0. The van der Waals surface area contributed by atoms with Crippen molar-refractivity contribution in [3.05, 3.63) is 59.9 Å². The number of para-hydroxylation sites is 1. The Morgan fingerprint density at radius 1 is 0.964 bits per heavy atom. The molecular formula is C23H27FN4. The molecule has 0 atom stereocenters. The number of nitrogens with one attached hydrogen (secondary N) is 1. The van der Waals surface area contributed by atoms with Gasteiger partial charge in [0.15, 0.2) is 0 Å². The van der Waals surface area contributed by atoms with Gasteiger partial charge in [0, 0.05) is 24.0 Å². The Morgan fingerprint density at radius 3 is 2.43 bits per heavy atom. The van der Waals surface area contributed by atoms with Gasteiger partial charge in [0.2, 0.25) is 5.95 Å². The van der Waals surface area contributed by atoms with Gasteiger partial charge in [-0.25, -0.2) is 9.37 Å². The second-order valence-corrected chi connectivity index (χ2v) is 8.25. The van der Waals surface area contributed by atoms with E-state index in [-0.39, 0.29) is 11.4 Å². The van der Waals surface area contributed by atoms with Crippen molar-refractivity contribution in [2.24, 2.45) is 0 Å². The molecule has 1 N–H and O–H groups in total. The zero-order valence-electron chi connectivity index (χ0n) is 16.6. The number of piperidine rings is 1.